The molecule has 2 N–H and O–H groups in total. The van der Waals surface area contributed by atoms with E-state index in [4.69, 9.17) is 9.47 Å². The maximum absolute atomic E-state index is 14.1. The number of nitrogens with one attached hydrogen (secondary N) is 2. The number of aromatic nitrogens is 1. The minimum Gasteiger partial charge on any atom is -0.496 e. The highest BCUT2D eigenvalue weighted by Crippen LogP contribution is 2.65. The van der Waals surface area contributed by atoms with Crippen molar-refractivity contribution in [3.63, 3.8) is 0 Å². The molecule has 0 radical (unpaired) electrons. The van der Waals surface area contributed by atoms with Crippen LogP contribution >= 0.6 is 0 Å². The molecule has 2 aliphatic carbocycles. The lowest BCUT2D eigenvalue weighted by molar-refractivity contribution is -0.134. The van der Waals surface area contributed by atoms with Gasteiger partial charge in [0.25, 0.3) is 5.91 Å². The van der Waals surface area contributed by atoms with E-state index in [-0.39, 0.29) is 66.2 Å². The molecule has 9 nitrogen and oxygen atoms in total. The number of nitrogens with zero attached hydrogens (tertiary/aromatic N) is 1. The lowest BCUT2D eigenvalue weighted by Gasteiger charge is -2.32. The molecule has 6 rings (SSSR count). The number of ketones is 2. The first kappa shape index (κ1) is 30.1. The number of carbonyl (C=O) groups is 4. The van der Waals surface area contributed by atoms with E-state index in [1.807, 2.05) is 48.5 Å². The third-order valence-corrected chi connectivity index (χ3v) is 10.1. The normalized spacial score (nSPS) is 24.5. The van der Waals surface area contributed by atoms with Gasteiger partial charge in [-0.3, -0.25) is 19.2 Å². The number of aromatic amines is 1. The number of benzene rings is 2. The van der Waals surface area contributed by atoms with Gasteiger partial charge in [-0.05, 0) is 60.3 Å². The van der Waals surface area contributed by atoms with Crippen LogP contribution in [0.1, 0.15) is 62.0 Å². The highest BCUT2D eigenvalue weighted by Gasteiger charge is 2.69. The highest BCUT2D eigenvalue weighted by atomic mass is 16.5. The Labute approximate surface area is 257 Å². The summed E-state index contributed by atoms with van der Waals surface area (Å²) in [5.41, 5.74) is 2.01. The molecule has 3 aromatic rings. The van der Waals surface area contributed by atoms with Crippen molar-refractivity contribution in [2.24, 2.45) is 23.2 Å². The number of ether oxygens (including phenoxy) is 2. The second-order valence-corrected chi connectivity index (χ2v) is 13.1. The molecule has 44 heavy (non-hydrogen) atoms. The predicted molar refractivity (Wildman–Crippen MR) is 165 cm³/mol. The van der Waals surface area contributed by atoms with Gasteiger partial charge in [-0.25, -0.2) is 0 Å². The standard InChI is InChI=1S/C35H41N3O6/c1-35(2)24-18-38(34(42)27-17-23-25(36-27)13-9-15-30(23)43-3)32(31(24)35)33(41)37-26(16-22-12-7-8-14-28(22)39)29(40)20-44-19-21-10-5-4-6-11-21/h4-6,9-11,13,15,17,22,24,26,31-32,36H,7-8,12,14,16,18-20H2,1-3H3,(H,37,41). The summed E-state index contributed by atoms with van der Waals surface area (Å²) in [5, 5.41) is 3.80. The van der Waals surface area contributed by atoms with Gasteiger partial charge in [0, 0.05) is 29.8 Å². The summed E-state index contributed by atoms with van der Waals surface area (Å²) in [6.45, 7) is 4.80. The van der Waals surface area contributed by atoms with Crippen LogP contribution < -0.4 is 10.1 Å². The second kappa shape index (κ2) is 12.2. The molecule has 1 saturated heterocycles. The quantitative estimate of drug-likeness (QED) is 0.330. The van der Waals surface area contributed by atoms with E-state index in [2.05, 4.69) is 24.1 Å². The van der Waals surface area contributed by atoms with Crippen LogP contribution in [0.2, 0.25) is 0 Å². The lowest BCUT2D eigenvalue weighted by atomic mass is 9.83. The average Bonchev–Trinajstić information content (AvgIpc) is 3.39. The minimum atomic E-state index is -0.875. The van der Waals surface area contributed by atoms with Crippen molar-refractivity contribution in [3.05, 3.63) is 65.9 Å². The van der Waals surface area contributed by atoms with E-state index in [9.17, 15) is 19.2 Å². The van der Waals surface area contributed by atoms with Crippen LogP contribution in [0, 0.1) is 23.2 Å². The van der Waals surface area contributed by atoms with E-state index in [0.717, 1.165) is 29.3 Å². The maximum atomic E-state index is 14.1. The molecule has 232 valence electrons. The number of likely N-dealkylation sites (tertiary alicyclic amines) is 1. The Morgan fingerprint density at radius 2 is 1.89 bits per heavy atom. The van der Waals surface area contributed by atoms with E-state index in [1.54, 1.807) is 18.1 Å². The monoisotopic (exact) mass is 599 g/mol. The minimum absolute atomic E-state index is 0.0215. The van der Waals surface area contributed by atoms with Crippen molar-refractivity contribution in [2.45, 2.75) is 64.6 Å². The molecular formula is C35H41N3O6. The first-order chi connectivity index (χ1) is 21.2. The fraction of sp³-hybridized carbons (Fsp3) is 0.486. The lowest BCUT2D eigenvalue weighted by Crippen LogP contribution is -2.54. The molecule has 2 aromatic carbocycles. The van der Waals surface area contributed by atoms with Gasteiger partial charge >= 0.3 is 0 Å². The summed E-state index contributed by atoms with van der Waals surface area (Å²) in [6, 6.07) is 15.3. The predicted octanol–water partition coefficient (Wildman–Crippen LogP) is 4.69. The number of fused-ring (bicyclic) bond motifs is 2. The summed E-state index contributed by atoms with van der Waals surface area (Å²) >= 11 is 0. The Bertz CT molecular complexity index is 1560. The number of rotatable bonds is 11. The van der Waals surface area contributed by atoms with Gasteiger partial charge in [0.15, 0.2) is 5.78 Å². The Kier molecular flexibility index (Phi) is 8.33. The van der Waals surface area contributed by atoms with Crippen LogP contribution in [-0.4, -0.2) is 65.6 Å². The molecular weight excluding hydrogens is 558 g/mol. The Morgan fingerprint density at radius 3 is 2.64 bits per heavy atom. The van der Waals surface area contributed by atoms with Gasteiger partial charge in [0.1, 0.15) is 29.9 Å². The number of amides is 2. The van der Waals surface area contributed by atoms with Crippen molar-refractivity contribution >= 4 is 34.3 Å². The second-order valence-electron chi connectivity index (χ2n) is 13.1. The van der Waals surface area contributed by atoms with Crippen LogP contribution in [0.15, 0.2) is 54.6 Å². The van der Waals surface area contributed by atoms with Gasteiger partial charge in [-0.1, -0.05) is 56.7 Å². The average molecular weight is 600 g/mol. The highest BCUT2D eigenvalue weighted by molar-refractivity contribution is 6.02. The number of Topliss-reactive ketones (excluding diaryl/α,β-unsaturated/α-hetero) is 2. The third kappa shape index (κ3) is 5.77. The zero-order valence-electron chi connectivity index (χ0n) is 25.6. The SMILES string of the molecule is COc1cccc2[nH]c(C(=O)N3CC4C(C3C(=O)NC(CC3CCCCC3=O)C(=O)COCc3ccccc3)C4(C)C)cc12. The summed E-state index contributed by atoms with van der Waals surface area (Å²) in [7, 11) is 1.59. The number of hydrogen-bond acceptors (Lipinski definition) is 6. The number of hydrogen-bond donors (Lipinski definition) is 2. The molecule has 1 aromatic heterocycles. The van der Waals surface area contributed by atoms with Crippen LogP contribution in [0.4, 0.5) is 0 Å². The van der Waals surface area contributed by atoms with Gasteiger partial charge in [-0.2, -0.15) is 0 Å². The van der Waals surface area contributed by atoms with Crippen molar-refractivity contribution in [1.29, 1.82) is 0 Å². The Morgan fingerprint density at radius 1 is 1.09 bits per heavy atom. The van der Waals surface area contributed by atoms with Gasteiger partial charge in [0.2, 0.25) is 5.91 Å². The molecule has 9 heteroatoms. The van der Waals surface area contributed by atoms with Gasteiger partial charge in [0.05, 0.1) is 19.8 Å². The molecule has 2 saturated carbocycles. The number of carbonyl (C=O) groups excluding carboxylic acids is 4. The first-order valence-corrected chi connectivity index (χ1v) is 15.6. The molecule has 2 heterocycles. The largest absolute Gasteiger partial charge is 0.496 e. The molecule has 0 bridgehead atoms. The zero-order valence-corrected chi connectivity index (χ0v) is 25.6. The van der Waals surface area contributed by atoms with Crippen LogP contribution in [-0.2, 0) is 25.7 Å². The molecule has 3 fully saturated rings. The van der Waals surface area contributed by atoms with Crippen LogP contribution in [0.25, 0.3) is 10.9 Å². The maximum Gasteiger partial charge on any atom is 0.271 e. The third-order valence-electron chi connectivity index (χ3n) is 10.1. The topological polar surface area (TPSA) is 118 Å². The summed E-state index contributed by atoms with van der Waals surface area (Å²) in [4.78, 5) is 59.1. The van der Waals surface area contributed by atoms with Crippen molar-refractivity contribution in [1.82, 2.24) is 15.2 Å². The zero-order chi connectivity index (χ0) is 31.0. The number of H-pyrrole nitrogens is 1. The molecule has 5 atom stereocenters. The first-order valence-electron chi connectivity index (χ1n) is 15.6. The Balaban J connectivity index is 1.21. The summed E-state index contributed by atoms with van der Waals surface area (Å²) < 4.78 is 11.2. The number of methoxy groups -OCH3 is 1. The summed E-state index contributed by atoms with van der Waals surface area (Å²) in [6.07, 6.45) is 3.24. The van der Waals surface area contributed by atoms with E-state index < -0.39 is 12.1 Å². The molecule has 0 spiro atoms. The van der Waals surface area contributed by atoms with Crippen molar-refractivity contribution < 1.29 is 28.7 Å². The number of piperidine rings is 1. The van der Waals surface area contributed by atoms with Crippen molar-refractivity contribution in [2.75, 3.05) is 20.3 Å². The smallest absolute Gasteiger partial charge is 0.271 e. The molecule has 2 amide bonds. The van der Waals surface area contributed by atoms with Crippen LogP contribution in [0.5, 0.6) is 5.75 Å². The van der Waals surface area contributed by atoms with Gasteiger partial charge in [-0.15, -0.1) is 0 Å². The molecule has 1 aliphatic heterocycles. The molecule has 5 unspecified atom stereocenters. The van der Waals surface area contributed by atoms with Gasteiger partial charge < -0.3 is 24.7 Å². The fourth-order valence-corrected chi connectivity index (χ4v) is 7.43. The van der Waals surface area contributed by atoms with E-state index >= 15 is 0 Å². The summed E-state index contributed by atoms with van der Waals surface area (Å²) in [5.74, 6) is -0.194. The van der Waals surface area contributed by atoms with E-state index in [1.165, 1.54) is 0 Å². The van der Waals surface area contributed by atoms with Crippen molar-refractivity contribution in [3.8, 4) is 5.75 Å². The molecule has 3 aliphatic rings. The van der Waals surface area contributed by atoms with Crippen LogP contribution in [0.3, 0.4) is 0 Å². The van der Waals surface area contributed by atoms with E-state index in [0.29, 0.717) is 30.8 Å². The Hall–Kier alpha value is -3.98. The fourth-order valence-electron chi connectivity index (χ4n) is 7.43.